The number of nitrogens with zero attached hydrogens (tertiary/aromatic N) is 2. The van der Waals surface area contributed by atoms with Crippen molar-refractivity contribution in [3.63, 3.8) is 0 Å². The van der Waals surface area contributed by atoms with Gasteiger partial charge in [0.2, 0.25) is 0 Å². The molecule has 0 amide bonds. The van der Waals surface area contributed by atoms with Gasteiger partial charge < -0.3 is 18.9 Å². The molecule has 1 heterocycles. The third-order valence-electron chi connectivity index (χ3n) is 9.52. The van der Waals surface area contributed by atoms with Gasteiger partial charge in [0, 0.05) is 46.8 Å². The number of halogens is 1. The van der Waals surface area contributed by atoms with Crippen LogP contribution in [0.15, 0.2) is 115 Å². The van der Waals surface area contributed by atoms with Gasteiger partial charge in [-0.2, -0.15) is 0 Å². The average Bonchev–Trinajstić information content (AvgIpc) is 3.68. The largest absolute Gasteiger partial charge is 0.456 e. The Kier molecular flexibility index (Phi) is 7.61. The predicted octanol–water partition coefficient (Wildman–Crippen LogP) is 12.5. The first-order valence-electron chi connectivity index (χ1n) is 16.5. The van der Waals surface area contributed by atoms with E-state index in [0.29, 0.717) is 28.0 Å². The van der Waals surface area contributed by atoms with Gasteiger partial charge in [-0.15, -0.1) is 0 Å². The summed E-state index contributed by atoms with van der Waals surface area (Å²) in [6.07, 6.45) is 3.50. The van der Waals surface area contributed by atoms with Crippen molar-refractivity contribution >= 4 is 50.5 Å². The first-order valence-corrected chi connectivity index (χ1v) is 16.9. The van der Waals surface area contributed by atoms with Crippen molar-refractivity contribution in [2.75, 3.05) is 4.90 Å². The molecule has 1 aliphatic rings. The number of ether oxygens (including phenoxy) is 2. The molecular weight excluding hydrogens is 612 g/mol. The number of anilines is 3. The highest BCUT2D eigenvalue weighted by atomic mass is 35.5. The van der Waals surface area contributed by atoms with Crippen molar-refractivity contribution in [3.05, 3.63) is 148 Å². The number of fused-ring (bicyclic) bond motifs is 5. The second-order valence-electron chi connectivity index (χ2n) is 13.0. The summed E-state index contributed by atoms with van der Waals surface area (Å²) in [6, 6.07) is 39.9. The van der Waals surface area contributed by atoms with Crippen LogP contribution >= 0.6 is 11.6 Å². The van der Waals surface area contributed by atoms with Crippen molar-refractivity contribution < 1.29 is 9.47 Å². The maximum absolute atomic E-state index is 7.16. The molecule has 0 saturated carbocycles. The predicted molar refractivity (Wildman–Crippen MR) is 199 cm³/mol. The minimum absolute atomic E-state index is 0.405. The van der Waals surface area contributed by atoms with Gasteiger partial charge in [0.15, 0.2) is 11.5 Å². The molecule has 0 saturated heterocycles. The van der Waals surface area contributed by atoms with Crippen LogP contribution in [0, 0.1) is 20.8 Å². The first-order chi connectivity index (χ1) is 23.3. The molecule has 48 heavy (non-hydrogen) atoms. The Bertz CT molecular complexity index is 2260. The Hall–Kier alpha value is -5.19. The third kappa shape index (κ3) is 5.46. The second-order valence-corrected chi connectivity index (χ2v) is 13.3. The summed E-state index contributed by atoms with van der Waals surface area (Å²) in [5, 5.41) is 2.83. The van der Waals surface area contributed by atoms with Gasteiger partial charge in [0.1, 0.15) is 16.5 Å². The van der Waals surface area contributed by atoms with Crippen LogP contribution in [0.1, 0.15) is 34.2 Å². The van der Waals surface area contributed by atoms with Crippen LogP contribution in [-0.2, 0) is 19.9 Å². The van der Waals surface area contributed by atoms with Crippen molar-refractivity contribution in [1.82, 2.24) is 4.57 Å². The van der Waals surface area contributed by atoms with Crippen LogP contribution in [0.4, 0.5) is 17.1 Å². The van der Waals surface area contributed by atoms with Crippen molar-refractivity contribution in [3.8, 4) is 23.0 Å². The number of hydrogen-bond acceptors (Lipinski definition) is 3. The van der Waals surface area contributed by atoms with Crippen LogP contribution in [-0.4, -0.2) is 4.57 Å². The van der Waals surface area contributed by atoms with E-state index in [1.54, 1.807) is 0 Å². The summed E-state index contributed by atoms with van der Waals surface area (Å²) in [4.78, 5) is 2.21. The Balaban J connectivity index is 1.27. The van der Waals surface area contributed by atoms with Crippen molar-refractivity contribution in [2.45, 2.75) is 40.0 Å². The molecule has 5 heteroatoms. The van der Waals surface area contributed by atoms with Crippen LogP contribution < -0.4 is 14.4 Å². The van der Waals surface area contributed by atoms with Gasteiger partial charge >= 0.3 is 0 Å². The van der Waals surface area contributed by atoms with Crippen molar-refractivity contribution in [2.24, 2.45) is 7.05 Å². The van der Waals surface area contributed by atoms with E-state index in [2.05, 4.69) is 110 Å². The minimum atomic E-state index is 0.405. The molecule has 0 atom stereocenters. The Morgan fingerprint density at radius 1 is 0.583 bits per heavy atom. The molecule has 0 unspecified atom stereocenters. The maximum atomic E-state index is 7.16. The lowest BCUT2D eigenvalue weighted by Gasteiger charge is -2.27. The van der Waals surface area contributed by atoms with E-state index in [-0.39, 0.29) is 0 Å². The van der Waals surface area contributed by atoms with Gasteiger partial charge in [-0.25, -0.2) is 0 Å². The van der Waals surface area contributed by atoms with Gasteiger partial charge in [-0.05, 0) is 106 Å². The molecule has 0 N–H and O–H groups in total. The Morgan fingerprint density at radius 3 is 1.77 bits per heavy atom. The molecule has 7 aromatic rings. The highest BCUT2D eigenvalue weighted by molar-refractivity contribution is 6.33. The highest BCUT2D eigenvalue weighted by Crippen LogP contribution is 2.47. The van der Waals surface area contributed by atoms with E-state index in [9.17, 15) is 0 Å². The van der Waals surface area contributed by atoms with Gasteiger partial charge in [0.05, 0.1) is 11.2 Å². The zero-order chi connectivity index (χ0) is 32.9. The van der Waals surface area contributed by atoms with E-state index in [1.807, 2.05) is 42.5 Å². The van der Waals surface area contributed by atoms with E-state index in [4.69, 9.17) is 21.1 Å². The van der Waals surface area contributed by atoms with E-state index in [1.165, 1.54) is 50.5 Å². The maximum Gasteiger partial charge on any atom is 0.151 e. The van der Waals surface area contributed by atoms with E-state index in [0.717, 1.165) is 35.5 Å². The molecule has 0 aliphatic heterocycles. The van der Waals surface area contributed by atoms with Crippen LogP contribution in [0.3, 0.4) is 0 Å². The average molecular weight is 649 g/mol. The summed E-state index contributed by atoms with van der Waals surface area (Å²) in [7, 11) is 2.17. The number of hydrogen-bond donors (Lipinski definition) is 0. The Labute approximate surface area is 286 Å². The zero-order valence-corrected chi connectivity index (χ0v) is 28.4. The van der Waals surface area contributed by atoms with Crippen LogP contribution in [0.5, 0.6) is 23.0 Å². The van der Waals surface area contributed by atoms with E-state index >= 15 is 0 Å². The number of aryl methyl sites for hydroxylation is 6. The summed E-state index contributed by atoms with van der Waals surface area (Å²) < 4.78 is 15.5. The molecule has 8 rings (SSSR count). The SMILES string of the molecule is Cc1ccc(Oc2cc(N(c3ccc(C)cc3)c3ccc(C)cc3)cc(Oc3ccc4c(c3)c3ccc5c(c3n4C)CCC5)c2Cl)cc1. The lowest BCUT2D eigenvalue weighted by atomic mass is 10.1. The molecule has 0 fully saturated rings. The summed E-state index contributed by atoms with van der Waals surface area (Å²) in [5.74, 6) is 2.45. The fourth-order valence-corrected chi connectivity index (χ4v) is 7.17. The van der Waals surface area contributed by atoms with Crippen LogP contribution in [0.25, 0.3) is 21.8 Å². The molecule has 238 valence electrons. The minimum Gasteiger partial charge on any atom is -0.456 e. The lowest BCUT2D eigenvalue weighted by molar-refractivity contribution is 0.461. The molecule has 0 bridgehead atoms. The number of rotatable bonds is 7. The van der Waals surface area contributed by atoms with Crippen molar-refractivity contribution in [1.29, 1.82) is 0 Å². The van der Waals surface area contributed by atoms with Gasteiger partial charge in [-0.1, -0.05) is 76.8 Å². The molecule has 6 aromatic carbocycles. The number of aromatic nitrogens is 1. The monoisotopic (exact) mass is 648 g/mol. The zero-order valence-electron chi connectivity index (χ0n) is 27.7. The highest BCUT2D eigenvalue weighted by Gasteiger charge is 2.22. The fourth-order valence-electron chi connectivity index (χ4n) is 6.99. The van der Waals surface area contributed by atoms with Gasteiger partial charge in [-0.3, -0.25) is 0 Å². The fraction of sp³-hybridized carbons (Fsp3) is 0.163. The van der Waals surface area contributed by atoms with Crippen LogP contribution in [0.2, 0.25) is 5.02 Å². The first kappa shape index (κ1) is 30.2. The second kappa shape index (κ2) is 12.1. The standard InChI is InChI=1S/C43H37ClN2O2/c1-27-8-15-31(16-9-27)46(32-17-10-28(2)11-18-32)33-24-40(47-34-19-12-29(3)13-20-34)42(44)41(25-33)48-35-21-23-39-38(26-35)37-22-14-30-6-5-7-36(30)43(37)45(39)4/h8-26H,5-7H2,1-4H3. The Morgan fingerprint density at radius 2 is 1.15 bits per heavy atom. The summed E-state index contributed by atoms with van der Waals surface area (Å²) >= 11 is 7.16. The smallest absolute Gasteiger partial charge is 0.151 e. The van der Waals surface area contributed by atoms with Gasteiger partial charge in [0.25, 0.3) is 0 Å². The topological polar surface area (TPSA) is 26.6 Å². The number of benzene rings is 6. The lowest BCUT2D eigenvalue weighted by Crippen LogP contribution is -2.10. The van der Waals surface area contributed by atoms with E-state index < -0.39 is 0 Å². The summed E-state index contributed by atoms with van der Waals surface area (Å²) in [6.45, 7) is 6.26. The molecular formula is C43H37ClN2O2. The normalized spacial score (nSPS) is 12.4. The molecule has 0 spiro atoms. The third-order valence-corrected chi connectivity index (χ3v) is 9.89. The summed E-state index contributed by atoms with van der Waals surface area (Å²) in [5.41, 5.74) is 11.9. The molecule has 1 aliphatic carbocycles. The molecule has 1 aromatic heterocycles. The molecule has 0 radical (unpaired) electrons. The quantitative estimate of drug-likeness (QED) is 0.172. The molecule has 4 nitrogen and oxygen atoms in total.